The molecule has 1 saturated heterocycles. The Kier molecular flexibility index (Phi) is 4.66. The minimum absolute atomic E-state index is 0.162. The van der Waals surface area contributed by atoms with Crippen LogP contribution < -0.4 is 5.48 Å². The number of ether oxygens (including phenoxy) is 1. The molecule has 0 bridgehead atoms. The molecule has 1 amide bonds. The zero-order valence-electron chi connectivity index (χ0n) is 13.4. The molecule has 0 aromatic heterocycles. The summed E-state index contributed by atoms with van der Waals surface area (Å²) in [5.74, 6) is -1.05. The van der Waals surface area contributed by atoms with Gasteiger partial charge in [0.25, 0.3) is 5.91 Å². The highest BCUT2D eigenvalue weighted by Crippen LogP contribution is 2.32. The van der Waals surface area contributed by atoms with Crippen molar-refractivity contribution in [1.82, 2.24) is 10.4 Å². The molecule has 1 aromatic carbocycles. The van der Waals surface area contributed by atoms with Crippen LogP contribution in [0, 0.1) is 11.2 Å². The molecule has 0 unspecified atom stereocenters. The molecule has 0 radical (unpaired) electrons. The summed E-state index contributed by atoms with van der Waals surface area (Å²) in [6.45, 7) is 6.34. The summed E-state index contributed by atoms with van der Waals surface area (Å²) < 4.78 is 19.5. The Labute approximate surface area is 135 Å². The van der Waals surface area contributed by atoms with E-state index in [9.17, 15) is 9.18 Å². The second-order valence-corrected chi connectivity index (χ2v) is 6.97. The first-order valence-electron chi connectivity index (χ1n) is 8.07. The molecule has 2 aliphatic rings. The van der Waals surface area contributed by atoms with Crippen molar-refractivity contribution < 1.29 is 19.1 Å². The van der Waals surface area contributed by atoms with E-state index in [0.717, 1.165) is 51.1 Å². The minimum atomic E-state index is -0.676. The molecule has 0 aliphatic carbocycles. The third-order valence-electron chi connectivity index (χ3n) is 4.89. The summed E-state index contributed by atoms with van der Waals surface area (Å²) in [7, 11) is 0. The molecule has 0 spiro atoms. The first-order chi connectivity index (χ1) is 11.0. The summed E-state index contributed by atoms with van der Waals surface area (Å²) in [6.07, 6.45) is 2.94. The predicted octanol–water partition coefficient (Wildman–Crippen LogP) is 2.12. The van der Waals surface area contributed by atoms with Gasteiger partial charge in [-0.2, -0.15) is 0 Å². The van der Waals surface area contributed by atoms with Gasteiger partial charge < -0.3 is 4.74 Å². The third-order valence-corrected chi connectivity index (χ3v) is 4.89. The molecule has 6 heteroatoms. The first-order valence-corrected chi connectivity index (χ1v) is 8.07. The van der Waals surface area contributed by atoms with Crippen LogP contribution in [0.15, 0.2) is 12.1 Å². The highest BCUT2D eigenvalue weighted by molar-refractivity contribution is 5.93. The smallest absolute Gasteiger partial charge is 0.274 e. The number of hydrogen-bond acceptors (Lipinski definition) is 4. The maximum absolute atomic E-state index is 14.3. The van der Waals surface area contributed by atoms with Gasteiger partial charge in [-0.3, -0.25) is 14.9 Å². The van der Waals surface area contributed by atoms with Gasteiger partial charge in [0.1, 0.15) is 5.82 Å². The van der Waals surface area contributed by atoms with Crippen molar-refractivity contribution in [3.8, 4) is 0 Å². The van der Waals surface area contributed by atoms with Crippen LogP contribution in [0.3, 0.4) is 0 Å². The van der Waals surface area contributed by atoms with Crippen LogP contribution in [0.25, 0.3) is 0 Å². The van der Waals surface area contributed by atoms with Gasteiger partial charge in [-0.1, -0.05) is 6.92 Å². The number of hydrogen-bond donors (Lipinski definition) is 2. The first kappa shape index (κ1) is 16.4. The van der Waals surface area contributed by atoms with Gasteiger partial charge in [0, 0.05) is 29.6 Å². The molecule has 1 fully saturated rings. The summed E-state index contributed by atoms with van der Waals surface area (Å²) in [5.41, 5.74) is 3.57. The number of carbonyl (C=O) groups is 1. The molecule has 126 valence electrons. The van der Waals surface area contributed by atoms with Crippen LogP contribution in [-0.4, -0.2) is 42.3 Å². The van der Waals surface area contributed by atoms with E-state index in [0.29, 0.717) is 17.5 Å². The second-order valence-electron chi connectivity index (χ2n) is 6.97. The zero-order chi connectivity index (χ0) is 16.4. The van der Waals surface area contributed by atoms with Crippen LogP contribution in [0.2, 0.25) is 0 Å². The average Bonchev–Trinajstić information content (AvgIpc) is 2.52. The Morgan fingerprint density at radius 1 is 1.48 bits per heavy atom. The molecule has 0 saturated carbocycles. The van der Waals surface area contributed by atoms with Crippen molar-refractivity contribution in [3.05, 3.63) is 34.6 Å². The lowest BCUT2D eigenvalue weighted by atomic mass is 9.83. The minimum Gasteiger partial charge on any atom is -0.380 e. The Hall–Kier alpha value is -1.50. The standard InChI is InChI=1S/C17H23FN2O3/c1-17(10-23-11-17)4-2-5-20-6-3-12-7-13(16(21)19-22)8-15(18)14(12)9-20/h7-8,22H,2-6,9-11H2,1H3,(H,19,21). The topological polar surface area (TPSA) is 61.8 Å². The van der Waals surface area contributed by atoms with Gasteiger partial charge in [0.2, 0.25) is 0 Å². The van der Waals surface area contributed by atoms with Crippen molar-refractivity contribution >= 4 is 5.91 Å². The number of halogens is 1. The van der Waals surface area contributed by atoms with E-state index in [4.69, 9.17) is 9.94 Å². The van der Waals surface area contributed by atoms with E-state index in [1.165, 1.54) is 6.07 Å². The van der Waals surface area contributed by atoms with Gasteiger partial charge in [-0.15, -0.1) is 0 Å². The molecule has 0 atom stereocenters. The fourth-order valence-corrected chi connectivity index (χ4v) is 3.39. The van der Waals surface area contributed by atoms with E-state index in [2.05, 4.69) is 11.8 Å². The quantitative estimate of drug-likeness (QED) is 0.644. The second kappa shape index (κ2) is 6.55. The van der Waals surface area contributed by atoms with E-state index < -0.39 is 5.91 Å². The van der Waals surface area contributed by atoms with E-state index in [1.807, 2.05) is 0 Å². The Bertz CT molecular complexity index is 602. The molecule has 5 nitrogen and oxygen atoms in total. The predicted molar refractivity (Wildman–Crippen MR) is 82.8 cm³/mol. The van der Waals surface area contributed by atoms with Gasteiger partial charge in [0.15, 0.2) is 0 Å². The number of carbonyl (C=O) groups excluding carboxylic acids is 1. The number of benzene rings is 1. The number of nitrogens with zero attached hydrogens (tertiary/aromatic N) is 1. The molecule has 2 heterocycles. The van der Waals surface area contributed by atoms with Crippen LogP contribution in [0.4, 0.5) is 4.39 Å². The lowest BCUT2D eigenvalue weighted by Gasteiger charge is -2.39. The highest BCUT2D eigenvalue weighted by Gasteiger charge is 2.32. The average molecular weight is 322 g/mol. The fraction of sp³-hybridized carbons (Fsp3) is 0.588. The summed E-state index contributed by atoms with van der Waals surface area (Å²) in [5, 5.41) is 8.67. The fourth-order valence-electron chi connectivity index (χ4n) is 3.39. The maximum Gasteiger partial charge on any atom is 0.274 e. The number of fused-ring (bicyclic) bond motifs is 1. The van der Waals surface area contributed by atoms with Crippen LogP contribution in [-0.2, 0) is 17.7 Å². The number of rotatable bonds is 5. The molecule has 1 aromatic rings. The van der Waals surface area contributed by atoms with Crippen LogP contribution in [0.1, 0.15) is 41.3 Å². The van der Waals surface area contributed by atoms with E-state index >= 15 is 0 Å². The third kappa shape index (κ3) is 3.54. The van der Waals surface area contributed by atoms with Crippen molar-refractivity contribution in [2.75, 3.05) is 26.3 Å². The van der Waals surface area contributed by atoms with Crippen LogP contribution in [0.5, 0.6) is 0 Å². The molecule has 23 heavy (non-hydrogen) atoms. The Balaban J connectivity index is 1.60. The van der Waals surface area contributed by atoms with Gasteiger partial charge in [0.05, 0.1) is 13.2 Å². The van der Waals surface area contributed by atoms with Crippen molar-refractivity contribution in [2.24, 2.45) is 5.41 Å². The Morgan fingerprint density at radius 3 is 2.91 bits per heavy atom. The number of nitrogens with one attached hydrogen (secondary N) is 1. The monoisotopic (exact) mass is 322 g/mol. The molecular formula is C17H23FN2O3. The summed E-state index contributed by atoms with van der Waals surface area (Å²) in [4.78, 5) is 13.7. The van der Waals surface area contributed by atoms with Gasteiger partial charge >= 0.3 is 0 Å². The maximum atomic E-state index is 14.3. The molecule has 2 N–H and O–H groups in total. The van der Waals surface area contributed by atoms with Gasteiger partial charge in [-0.05, 0) is 43.5 Å². The molecule has 2 aliphatic heterocycles. The van der Waals surface area contributed by atoms with Crippen molar-refractivity contribution in [2.45, 2.75) is 32.7 Å². The zero-order valence-corrected chi connectivity index (χ0v) is 13.4. The number of amides is 1. The summed E-state index contributed by atoms with van der Waals surface area (Å²) >= 11 is 0. The lowest BCUT2D eigenvalue weighted by molar-refractivity contribution is -0.107. The molecule has 3 rings (SSSR count). The summed E-state index contributed by atoms with van der Waals surface area (Å²) in [6, 6.07) is 2.87. The van der Waals surface area contributed by atoms with Crippen LogP contribution >= 0.6 is 0 Å². The van der Waals surface area contributed by atoms with Crippen molar-refractivity contribution in [1.29, 1.82) is 0 Å². The number of hydroxylamine groups is 1. The lowest BCUT2D eigenvalue weighted by Crippen LogP contribution is -2.40. The SMILES string of the molecule is CC1(CCCN2CCc3cc(C(=O)NO)cc(F)c3C2)COC1. The van der Waals surface area contributed by atoms with Gasteiger partial charge in [-0.25, -0.2) is 9.87 Å². The van der Waals surface area contributed by atoms with E-state index in [-0.39, 0.29) is 11.4 Å². The Morgan fingerprint density at radius 2 is 2.26 bits per heavy atom. The van der Waals surface area contributed by atoms with Crippen molar-refractivity contribution in [3.63, 3.8) is 0 Å². The molecular weight excluding hydrogens is 299 g/mol. The normalized spacial score (nSPS) is 19.8. The van der Waals surface area contributed by atoms with E-state index in [1.54, 1.807) is 11.5 Å². The largest absolute Gasteiger partial charge is 0.380 e. The highest BCUT2D eigenvalue weighted by atomic mass is 19.1.